The van der Waals surface area contributed by atoms with Crippen molar-refractivity contribution in [2.45, 2.75) is 33.1 Å². The lowest BCUT2D eigenvalue weighted by Crippen LogP contribution is -2.39. The number of amides is 1. The highest BCUT2D eigenvalue weighted by Gasteiger charge is 2.25. The first kappa shape index (κ1) is 18.2. The van der Waals surface area contributed by atoms with Gasteiger partial charge < -0.3 is 9.64 Å². The molecular weight excluding hydrogens is 326 g/mol. The molecule has 4 heteroatoms. The van der Waals surface area contributed by atoms with Gasteiger partial charge >= 0.3 is 5.97 Å². The van der Waals surface area contributed by atoms with E-state index in [0.717, 1.165) is 37.9 Å². The third-order valence-electron chi connectivity index (χ3n) is 5.04. The first-order valence-electron chi connectivity index (χ1n) is 9.16. The van der Waals surface area contributed by atoms with Crippen LogP contribution in [-0.2, 0) is 11.2 Å². The lowest BCUT2D eigenvalue weighted by atomic mass is 9.90. The molecule has 1 fully saturated rings. The number of hydrogen-bond donors (Lipinski definition) is 0. The lowest BCUT2D eigenvalue weighted by Gasteiger charge is -2.32. The number of ether oxygens (including phenoxy) is 1. The summed E-state index contributed by atoms with van der Waals surface area (Å²) in [5.41, 5.74) is 2.70. The van der Waals surface area contributed by atoms with Crippen molar-refractivity contribution in [3.63, 3.8) is 0 Å². The fraction of sp³-hybridized carbons (Fsp3) is 0.364. The highest BCUT2D eigenvalue weighted by atomic mass is 16.5. The molecule has 4 nitrogen and oxygen atoms in total. The summed E-state index contributed by atoms with van der Waals surface area (Å²) >= 11 is 0. The third kappa shape index (κ3) is 4.31. The van der Waals surface area contributed by atoms with E-state index in [2.05, 4.69) is 24.3 Å². The number of piperidine rings is 1. The molecule has 1 saturated heterocycles. The van der Waals surface area contributed by atoms with Crippen LogP contribution in [0.5, 0.6) is 5.75 Å². The van der Waals surface area contributed by atoms with Crippen LogP contribution in [0.15, 0.2) is 48.5 Å². The van der Waals surface area contributed by atoms with E-state index in [1.807, 2.05) is 17.9 Å². The molecule has 0 saturated carbocycles. The van der Waals surface area contributed by atoms with Crippen LogP contribution < -0.4 is 4.74 Å². The Morgan fingerprint density at radius 1 is 1.04 bits per heavy atom. The van der Waals surface area contributed by atoms with Gasteiger partial charge in [0.15, 0.2) is 0 Å². The van der Waals surface area contributed by atoms with Crippen LogP contribution in [0.1, 0.15) is 41.3 Å². The summed E-state index contributed by atoms with van der Waals surface area (Å²) < 4.78 is 5.20. The zero-order chi connectivity index (χ0) is 18.5. The quantitative estimate of drug-likeness (QED) is 0.617. The summed E-state index contributed by atoms with van der Waals surface area (Å²) in [4.78, 5) is 26.0. The molecule has 0 unspecified atom stereocenters. The van der Waals surface area contributed by atoms with Crippen molar-refractivity contribution in [1.82, 2.24) is 4.90 Å². The summed E-state index contributed by atoms with van der Waals surface area (Å²) in [7, 11) is 0. The van der Waals surface area contributed by atoms with Crippen LogP contribution in [0, 0.1) is 12.8 Å². The Hall–Kier alpha value is -2.62. The standard InChI is InChI=1S/C22H25NO3/c1-16-20(9-6-10-21(16)26-17(2)24)22(25)23-13-11-19(12-14-23)15-18-7-4-3-5-8-18/h3-10,19H,11-15H2,1-2H3. The predicted molar refractivity (Wildman–Crippen MR) is 101 cm³/mol. The fourth-order valence-corrected chi connectivity index (χ4v) is 3.57. The monoisotopic (exact) mass is 351 g/mol. The van der Waals surface area contributed by atoms with Crippen LogP contribution in [0.3, 0.4) is 0 Å². The maximum absolute atomic E-state index is 12.9. The highest BCUT2D eigenvalue weighted by Crippen LogP contribution is 2.26. The Labute approximate surface area is 154 Å². The zero-order valence-electron chi connectivity index (χ0n) is 15.4. The fourth-order valence-electron chi connectivity index (χ4n) is 3.57. The molecule has 0 bridgehead atoms. The van der Waals surface area contributed by atoms with Gasteiger partial charge in [-0.1, -0.05) is 36.4 Å². The molecule has 0 spiro atoms. The molecular formula is C22H25NO3. The van der Waals surface area contributed by atoms with Gasteiger partial charge in [0.25, 0.3) is 5.91 Å². The first-order valence-corrected chi connectivity index (χ1v) is 9.16. The molecule has 0 atom stereocenters. The number of likely N-dealkylation sites (tertiary alicyclic amines) is 1. The average Bonchev–Trinajstić information content (AvgIpc) is 2.64. The number of carbonyl (C=O) groups excluding carboxylic acids is 2. The number of rotatable bonds is 4. The van der Waals surface area contributed by atoms with Crippen molar-refractivity contribution in [1.29, 1.82) is 0 Å². The van der Waals surface area contributed by atoms with Gasteiger partial charge in [0, 0.05) is 31.1 Å². The number of carbonyl (C=O) groups is 2. The van der Waals surface area contributed by atoms with Gasteiger partial charge in [-0.05, 0) is 49.8 Å². The Morgan fingerprint density at radius 2 is 1.73 bits per heavy atom. The van der Waals surface area contributed by atoms with Gasteiger partial charge in [0.2, 0.25) is 0 Å². The van der Waals surface area contributed by atoms with Crippen molar-refractivity contribution in [3.05, 3.63) is 65.2 Å². The number of benzene rings is 2. The smallest absolute Gasteiger partial charge is 0.308 e. The van der Waals surface area contributed by atoms with E-state index in [1.165, 1.54) is 12.5 Å². The molecule has 2 aromatic rings. The molecule has 3 rings (SSSR count). The van der Waals surface area contributed by atoms with Crippen LogP contribution in [-0.4, -0.2) is 29.9 Å². The van der Waals surface area contributed by atoms with Crippen molar-refractivity contribution >= 4 is 11.9 Å². The molecule has 26 heavy (non-hydrogen) atoms. The molecule has 0 aromatic heterocycles. The summed E-state index contributed by atoms with van der Waals surface area (Å²) in [5.74, 6) is 0.728. The Balaban J connectivity index is 1.63. The van der Waals surface area contributed by atoms with E-state index in [-0.39, 0.29) is 11.9 Å². The first-order chi connectivity index (χ1) is 12.5. The second-order valence-corrected chi connectivity index (χ2v) is 6.95. The molecule has 136 valence electrons. The third-order valence-corrected chi connectivity index (χ3v) is 5.04. The summed E-state index contributed by atoms with van der Waals surface area (Å²) in [5, 5.41) is 0. The maximum Gasteiger partial charge on any atom is 0.308 e. The van der Waals surface area contributed by atoms with Crippen LogP contribution in [0.2, 0.25) is 0 Å². The summed E-state index contributed by atoms with van der Waals surface area (Å²) in [6.07, 6.45) is 3.11. The van der Waals surface area contributed by atoms with Crippen LogP contribution >= 0.6 is 0 Å². The van der Waals surface area contributed by atoms with Gasteiger partial charge in [-0.2, -0.15) is 0 Å². The Morgan fingerprint density at radius 3 is 2.38 bits per heavy atom. The molecule has 0 aliphatic carbocycles. The van der Waals surface area contributed by atoms with E-state index >= 15 is 0 Å². The van der Waals surface area contributed by atoms with Crippen molar-refractivity contribution in [2.24, 2.45) is 5.92 Å². The Bertz CT molecular complexity index is 777. The van der Waals surface area contributed by atoms with Crippen LogP contribution in [0.4, 0.5) is 0 Å². The van der Waals surface area contributed by atoms with Crippen molar-refractivity contribution in [2.75, 3.05) is 13.1 Å². The predicted octanol–water partition coefficient (Wildman–Crippen LogP) is 4.02. The normalized spacial score (nSPS) is 14.9. The number of hydrogen-bond acceptors (Lipinski definition) is 3. The topological polar surface area (TPSA) is 46.6 Å². The van der Waals surface area contributed by atoms with Crippen molar-refractivity contribution in [3.8, 4) is 5.75 Å². The molecule has 1 amide bonds. The molecule has 0 radical (unpaired) electrons. The number of esters is 1. The second-order valence-electron chi connectivity index (χ2n) is 6.95. The van der Waals surface area contributed by atoms with Gasteiger partial charge in [0.05, 0.1) is 0 Å². The summed E-state index contributed by atoms with van der Waals surface area (Å²) in [6.45, 7) is 4.74. The zero-order valence-corrected chi connectivity index (χ0v) is 15.4. The van der Waals surface area contributed by atoms with E-state index in [1.54, 1.807) is 18.2 Å². The highest BCUT2D eigenvalue weighted by molar-refractivity contribution is 5.96. The minimum atomic E-state index is -0.376. The molecule has 1 aliphatic rings. The molecule has 0 N–H and O–H groups in total. The largest absolute Gasteiger partial charge is 0.426 e. The Kier molecular flexibility index (Phi) is 5.71. The van der Waals surface area contributed by atoms with Gasteiger partial charge in [-0.25, -0.2) is 0 Å². The second kappa shape index (κ2) is 8.17. The van der Waals surface area contributed by atoms with E-state index in [0.29, 0.717) is 17.2 Å². The van der Waals surface area contributed by atoms with Gasteiger partial charge in [0.1, 0.15) is 5.75 Å². The van der Waals surface area contributed by atoms with Gasteiger partial charge in [-0.15, -0.1) is 0 Å². The van der Waals surface area contributed by atoms with Gasteiger partial charge in [-0.3, -0.25) is 9.59 Å². The minimum absolute atomic E-state index is 0.0228. The molecule has 1 heterocycles. The molecule has 1 aliphatic heterocycles. The molecule has 2 aromatic carbocycles. The average molecular weight is 351 g/mol. The summed E-state index contributed by atoms with van der Waals surface area (Å²) in [6, 6.07) is 15.8. The van der Waals surface area contributed by atoms with E-state index < -0.39 is 0 Å². The maximum atomic E-state index is 12.9. The minimum Gasteiger partial charge on any atom is -0.426 e. The van der Waals surface area contributed by atoms with E-state index in [4.69, 9.17) is 4.74 Å². The SMILES string of the molecule is CC(=O)Oc1cccc(C(=O)N2CCC(Cc3ccccc3)CC2)c1C. The number of nitrogens with zero attached hydrogens (tertiary/aromatic N) is 1. The van der Waals surface area contributed by atoms with Crippen LogP contribution in [0.25, 0.3) is 0 Å². The van der Waals surface area contributed by atoms with E-state index in [9.17, 15) is 9.59 Å². The van der Waals surface area contributed by atoms with Crippen molar-refractivity contribution < 1.29 is 14.3 Å². The lowest BCUT2D eigenvalue weighted by molar-refractivity contribution is -0.131.